The highest BCUT2D eigenvalue weighted by Crippen LogP contribution is 2.43. The highest BCUT2D eigenvalue weighted by atomic mass is 32.2. The highest BCUT2D eigenvalue weighted by Gasteiger charge is 2.35. The van der Waals surface area contributed by atoms with Crippen molar-refractivity contribution in [1.82, 2.24) is 0 Å². The van der Waals surface area contributed by atoms with Crippen LogP contribution in [0.25, 0.3) is 0 Å². The number of hydrogen-bond donors (Lipinski definition) is 1. The first-order valence-corrected chi connectivity index (χ1v) is 5.53. The lowest BCUT2D eigenvalue weighted by molar-refractivity contribution is -0.137. The lowest BCUT2D eigenvalue weighted by Crippen LogP contribution is -2.24. The molecule has 1 saturated carbocycles. The van der Waals surface area contributed by atoms with E-state index in [9.17, 15) is 4.79 Å². The van der Waals surface area contributed by atoms with Gasteiger partial charge in [-0.25, -0.2) is 0 Å². The lowest BCUT2D eigenvalue weighted by atomic mass is 10.0. The van der Waals surface area contributed by atoms with Gasteiger partial charge in [-0.2, -0.15) is 11.8 Å². The third kappa shape index (κ3) is 2.41. The van der Waals surface area contributed by atoms with Crippen molar-refractivity contribution in [3.05, 3.63) is 0 Å². The maximum Gasteiger partial charge on any atom is 0.304 e. The molecule has 12 heavy (non-hydrogen) atoms. The molecule has 0 aromatic heterocycles. The molecule has 1 rings (SSSR count). The van der Waals surface area contributed by atoms with Gasteiger partial charge in [0.15, 0.2) is 0 Å². The summed E-state index contributed by atoms with van der Waals surface area (Å²) in [5.74, 6) is 0.394. The lowest BCUT2D eigenvalue weighted by Gasteiger charge is -2.25. The van der Waals surface area contributed by atoms with Crippen LogP contribution in [-0.2, 0) is 4.79 Å². The van der Waals surface area contributed by atoms with Crippen LogP contribution in [-0.4, -0.2) is 21.6 Å². The van der Waals surface area contributed by atoms with E-state index in [1.807, 2.05) is 11.8 Å². The Kier molecular flexibility index (Phi) is 3.44. The summed E-state index contributed by atoms with van der Waals surface area (Å²) in [5.41, 5.74) is 0. The van der Waals surface area contributed by atoms with Gasteiger partial charge in [0, 0.05) is 4.75 Å². The number of carboxylic acids is 1. The van der Waals surface area contributed by atoms with Gasteiger partial charge in [-0.3, -0.25) is 4.79 Å². The Morgan fingerprint density at radius 1 is 1.50 bits per heavy atom. The van der Waals surface area contributed by atoms with Gasteiger partial charge in [0.2, 0.25) is 0 Å². The van der Waals surface area contributed by atoms with E-state index < -0.39 is 5.97 Å². The summed E-state index contributed by atoms with van der Waals surface area (Å²) in [6.07, 6.45) is 4.96. The number of thioether (sulfide) groups is 1. The van der Waals surface area contributed by atoms with E-state index >= 15 is 0 Å². The SMILES string of the molecule is CCSC1(CC(=O)O)CCCC1. The monoisotopic (exact) mass is 188 g/mol. The average Bonchev–Trinajstić information content (AvgIpc) is 2.36. The van der Waals surface area contributed by atoms with Crippen LogP contribution in [0.4, 0.5) is 0 Å². The number of aliphatic carboxylic acids is 1. The van der Waals surface area contributed by atoms with E-state index in [1.54, 1.807) is 0 Å². The molecule has 1 aliphatic carbocycles. The summed E-state index contributed by atoms with van der Waals surface area (Å²) in [4.78, 5) is 10.6. The summed E-state index contributed by atoms with van der Waals surface area (Å²) in [6.45, 7) is 2.10. The third-order valence-corrected chi connectivity index (χ3v) is 3.89. The minimum absolute atomic E-state index is 0.0839. The van der Waals surface area contributed by atoms with Crippen molar-refractivity contribution >= 4 is 17.7 Å². The molecule has 0 spiro atoms. The van der Waals surface area contributed by atoms with Crippen molar-refractivity contribution < 1.29 is 9.90 Å². The number of carbonyl (C=O) groups is 1. The molecule has 0 bridgehead atoms. The van der Waals surface area contributed by atoms with Gasteiger partial charge in [-0.15, -0.1) is 0 Å². The number of rotatable bonds is 4. The van der Waals surface area contributed by atoms with Crippen LogP contribution < -0.4 is 0 Å². The molecule has 70 valence electrons. The predicted octanol–water partition coefficient (Wildman–Crippen LogP) is 2.53. The minimum Gasteiger partial charge on any atom is -0.481 e. The smallest absolute Gasteiger partial charge is 0.304 e. The minimum atomic E-state index is -0.641. The van der Waals surface area contributed by atoms with Crippen molar-refractivity contribution in [2.24, 2.45) is 0 Å². The van der Waals surface area contributed by atoms with Crippen LogP contribution in [0.2, 0.25) is 0 Å². The average molecular weight is 188 g/mol. The molecule has 0 saturated heterocycles. The summed E-state index contributed by atoms with van der Waals surface area (Å²) in [5, 5.41) is 8.75. The largest absolute Gasteiger partial charge is 0.481 e. The standard InChI is InChI=1S/C9H16O2S/c1-2-12-9(7-8(10)11)5-3-4-6-9/h2-7H2,1H3,(H,10,11). The second-order valence-corrected chi connectivity index (χ2v) is 5.13. The fraction of sp³-hybridized carbons (Fsp3) is 0.889. The Morgan fingerprint density at radius 2 is 2.08 bits per heavy atom. The van der Waals surface area contributed by atoms with E-state index in [1.165, 1.54) is 12.8 Å². The van der Waals surface area contributed by atoms with Gasteiger partial charge in [0.05, 0.1) is 6.42 Å². The molecule has 0 atom stereocenters. The fourth-order valence-electron chi connectivity index (χ4n) is 1.97. The van der Waals surface area contributed by atoms with Gasteiger partial charge in [-0.1, -0.05) is 19.8 Å². The third-order valence-electron chi connectivity index (χ3n) is 2.44. The molecule has 1 N–H and O–H groups in total. The van der Waals surface area contributed by atoms with E-state index in [0.29, 0.717) is 6.42 Å². The summed E-state index contributed by atoms with van der Waals surface area (Å²) in [7, 11) is 0. The maximum absolute atomic E-state index is 10.6. The molecule has 0 aliphatic heterocycles. The summed E-state index contributed by atoms with van der Waals surface area (Å²) in [6, 6.07) is 0. The second-order valence-electron chi connectivity index (χ2n) is 3.39. The second kappa shape index (κ2) is 4.17. The first-order chi connectivity index (χ1) is 5.68. The predicted molar refractivity (Wildman–Crippen MR) is 51.6 cm³/mol. The molecular formula is C9H16O2S. The summed E-state index contributed by atoms with van der Waals surface area (Å²) >= 11 is 1.83. The molecule has 1 aliphatic rings. The quantitative estimate of drug-likeness (QED) is 0.736. The number of hydrogen-bond acceptors (Lipinski definition) is 2. The zero-order valence-corrected chi connectivity index (χ0v) is 8.32. The zero-order chi connectivity index (χ0) is 9.03. The van der Waals surface area contributed by atoms with E-state index in [4.69, 9.17) is 5.11 Å². The van der Waals surface area contributed by atoms with E-state index in [2.05, 4.69) is 6.92 Å². The Morgan fingerprint density at radius 3 is 2.50 bits per heavy atom. The van der Waals surface area contributed by atoms with Crippen molar-refractivity contribution in [3.63, 3.8) is 0 Å². The Balaban J connectivity index is 2.52. The molecule has 0 aromatic rings. The Labute approximate surface area is 77.7 Å². The molecule has 1 fully saturated rings. The molecule has 0 aromatic carbocycles. The van der Waals surface area contributed by atoms with Crippen molar-refractivity contribution in [1.29, 1.82) is 0 Å². The van der Waals surface area contributed by atoms with Crippen molar-refractivity contribution in [2.45, 2.75) is 43.8 Å². The maximum atomic E-state index is 10.6. The first kappa shape index (κ1) is 9.90. The van der Waals surface area contributed by atoms with Crippen LogP contribution in [0.15, 0.2) is 0 Å². The van der Waals surface area contributed by atoms with Crippen LogP contribution in [0, 0.1) is 0 Å². The van der Waals surface area contributed by atoms with Crippen LogP contribution in [0.3, 0.4) is 0 Å². The molecule has 0 heterocycles. The highest BCUT2D eigenvalue weighted by molar-refractivity contribution is 8.00. The first-order valence-electron chi connectivity index (χ1n) is 4.54. The van der Waals surface area contributed by atoms with Gasteiger partial charge in [0.1, 0.15) is 0 Å². The Bertz CT molecular complexity index is 162. The van der Waals surface area contributed by atoms with Gasteiger partial charge >= 0.3 is 5.97 Å². The molecule has 0 amide bonds. The Hall–Kier alpha value is -0.180. The van der Waals surface area contributed by atoms with Gasteiger partial charge in [0.25, 0.3) is 0 Å². The van der Waals surface area contributed by atoms with Crippen molar-refractivity contribution in [2.75, 3.05) is 5.75 Å². The van der Waals surface area contributed by atoms with Crippen LogP contribution >= 0.6 is 11.8 Å². The topological polar surface area (TPSA) is 37.3 Å². The fourth-order valence-corrected chi connectivity index (χ4v) is 3.39. The van der Waals surface area contributed by atoms with Crippen LogP contribution in [0.1, 0.15) is 39.0 Å². The van der Waals surface area contributed by atoms with Gasteiger partial charge in [-0.05, 0) is 18.6 Å². The van der Waals surface area contributed by atoms with Crippen molar-refractivity contribution in [3.8, 4) is 0 Å². The van der Waals surface area contributed by atoms with E-state index in [0.717, 1.165) is 18.6 Å². The molecule has 2 nitrogen and oxygen atoms in total. The van der Waals surface area contributed by atoms with Crippen LogP contribution in [0.5, 0.6) is 0 Å². The summed E-state index contributed by atoms with van der Waals surface area (Å²) < 4.78 is 0.0839. The molecule has 0 unspecified atom stereocenters. The normalized spacial score (nSPS) is 21.1. The van der Waals surface area contributed by atoms with Gasteiger partial charge < -0.3 is 5.11 Å². The molecule has 0 radical (unpaired) electrons. The number of carboxylic acid groups (broad SMARTS) is 1. The molecule has 3 heteroatoms. The molecular weight excluding hydrogens is 172 g/mol. The zero-order valence-electron chi connectivity index (χ0n) is 7.51. The van der Waals surface area contributed by atoms with E-state index in [-0.39, 0.29) is 4.75 Å².